The van der Waals surface area contributed by atoms with Crippen molar-refractivity contribution in [2.75, 3.05) is 109 Å². The quantitative estimate of drug-likeness (QED) is 0.0440. The molecule has 0 saturated heterocycles. The number of benzene rings is 4. The van der Waals surface area contributed by atoms with Crippen LogP contribution in [0.25, 0.3) is 22.3 Å². The lowest BCUT2D eigenvalue weighted by molar-refractivity contribution is -0.870. The molecule has 0 aromatic heterocycles. The van der Waals surface area contributed by atoms with Crippen LogP contribution < -0.4 is 18.9 Å². The number of ether oxygens (including phenoxy) is 4. The number of hydrogen-bond donors (Lipinski definition) is 0. The molecule has 422 valence electrons. The number of rotatable bonds is 27. The Bertz CT molecular complexity index is 3200. The van der Waals surface area contributed by atoms with E-state index in [9.17, 15) is 0 Å². The Balaban J connectivity index is 1.16. The number of unbranched alkanes of at least 4 members (excludes halogenated alkanes) is 5. The molecule has 0 amide bonds. The van der Waals surface area contributed by atoms with Gasteiger partial charge in [0.1, 0.15) is 23.0 Å². The zero-order valence-corrected chi connectivity index (χ0v) is 49.9. The van der Waals surface area contributed by atoms with Gasteiger partial charge < -0.3 is 32.4 Å². The van der Waals surface area contributed by atoms with Crippen molar-refractivity contribution in [3.05, 3.63) is 191 Å². The fraction of sp³-hybridized carbons (Fsp3) is 0.371. The number of quaternary nitrogens is 3. The molecule has 11 nitrogen and oxygen atoms in total. The number of nitrogens with zero attached hydrogens (tertiary/aromatic N) is 7. The average Bonchev–Trinajstić information content (AvgIpc) is 4.48. The van der Waals surface area contributed by atoms with E-state index < -0.39 is 0 Å². The Labute approximate surface area is 483 Å². The summed E-state index contributed by atoms with van der Waals surface area (Å²) in [5.41, 5.74) is 14.0. The molecule has 0 radical (unpaired) electrons. The van der Waals surface area contributed by atoms with Gasteiger partial charge in [0.2, 0.25) is 0 Å². The third-order valence-electron chi connectivity index (χ3n) is 14.7. The highest BCUT2D eigenvalue weighted by atomic mass is 16.5. The van der Waals surface area contributed by atoms with Crippen molar-refractivity contribution in [3.63, 3.8) is 0 Å². The Morgan fingerprint density at radius 3 is 0.765 bits per heavy atom. The van der Waals surface area contributed by atoms with E-state index in [1.165, 1.54) is 32.1 Å². The standard InChI is InChI=1S/C70H86N7O4/c1-11-12-13-14-15-16-47-78-55-28-20-51(21-29-55)67-59-36-38-61(71-59)68(52-22-30-56(31-23-52)79-48-17-44-75(2,3)4)63-40-42-65(73-63)70(54-26-34-58(35-27-54)81-50-19-46-77(8,9)10)66-43-41-64(74-66)69(62-39-37-60(67)72-62)53-24-32-57(33-25-53)80-49-18-45-76(5,6)7/h20-43H,11-19,44-50H2,1-10H3/q+3. The monoisotopic (exact) mass is 1090 g/mol. The van der Waals surface area contributed by atoms with Gasteiger partial charge >= 0.3 is 0 Å². The van der Waals surface area contributed by atoms with Crippen molar-refractivity contribution in [2.24, 2.45) is 20.0 Å². The molecule has 5 heterocycles. The van der Waals surface area contributed by atoms with Crippen LogP contribution in [0, 0.1) is 0 Å². The Morgan fingerprint density at radius 1 is 0.284 bits per heavy atom. The summed E-state index contributed by atoms with van der Waals surface area (Å²) in [5, 5.41) is 0. The first-order valence-corrected chi connectivity index (χ1v) is 29.4. The zero-order chi connectivity index (χ0) is 57.0. The highest BCUT2D eigenvalue weighted by molar-refractivity contribution is 6.39. The van der Waals surface area contributed by atoms with Gasteiger partial charge in [0.15, 0.2) is 0 Å². The minimum Gasteiger partial charge on any atom is -0.494 e. The number of fused-ring (bicyclic) bond motifs is 4. The van der Waals surface area contributed by atoms with Crippen LogP contribution in [0.2, 0.25) is 0 Å². The van der Waals surface area contributed by atoms with Crippen molar-refractivity contribution in [2.45, 2.75) is 64.7 Å². The molecule has 0 saturated carbocycles. The molecule has 0 unspecified atom stereocenters. The lowest BCUT2D eigenvalue weighted by atomic mass is 9.98. The minimum atomic E-state index is 0.645. The second-order valence-corrected chi connectivity index (χ2v) is 24.7. The van der Waals surface area contributed by atoms with E-state index in [1.807, 2.05) is 0 Å². The molecule has 0 aliphatic carbocycles. The van der Waals surface area contributed by atoms with Crippen molar-refractivity contribution < 1.29 is 32.4 Å². The summed E-state index contributed by atoms with van der Waals surface area (Å²) in [6, 6.07) is 33.6. The first-order valence-electron chi connectivity index (χ1n) is 29.4. The van der Waals surface area contributed by atoms with Crippen molar-refractivity contribution in [3.8, 4) is 23.0 Å². The van der Waals surface area contributed by atoms with E-state index in [1.54, 1.807) is 0 Å². The zero-order valence-electron chi connectivity index (χ0n) is 49.9. The maximum Gasteiger partial charge on any atom is 0.119 e. The number of aliphatic imine (C=N–C) groups is 4. The minimum absolute atomic E-state index is 0.645. The molecule has 0 N–H and O–H groups in total. The molecule has 4 aromatic carbocycles. The van der Waals surface area contributed by atoms with Crippen LogP contribution in [0.3, 0.4) is 0 Å². The molecule has 0 fully saturated rings. The highest BCUT2D eigenvalue weighted by Crippen LogP contribution is 2.40. The number of allylic oxidation sites excluding steroid dienone is 12. The largest absolute Gasteiger partial charge is 0.494 e. The maximum absolute atomic E-state index is 6.30. The Morgan fingerprint density at radius 2 is 0.519 bits per heavy atom. The van der Waals surface area contributed by atoms with E-state index in [4.69, 9.17) is 38.9 Å². The molecule has 5 aliphatic rings. The van der Waals surface area contributed by atoms with E-state index in [0.29, 0.717) is 26.4 Å². The van der Waals surface area contributed by atoms with Gasteiger partial charge in [-0.2, -0.15) is 0 Å². The van der Waals surface area contributed by atoms with Gasteiger partial charge in [-0.1, -0.05) is 87.6 Å². The summed E-state index contributed by atoms with van der Waals surface area (Å²) in [6.07, 6.45) is 27.1. The molecule has 11 heteroatoms. The molecule has 5 aliphatic heterocycles. The van der Waals surface area contributed by atoms with Gasteiger partial charge in [0, 0.05) is 41.6 Å². The second-order valence-electron chi connectivity index (χ2n) is 24.7. The van der Waals surface area contributed by atoms with Crippen molar-refractivity contribution >= 4 is 45.1 Å². The second kappa shape index (κ2) is 26.4. The number of hydrogen-bond acceptors (Lipinski definition) is 8. The van der Waals surface area contributed by atoms with E-state index in [0.717, 1.165) is 172 Å². The lowest BCUT2D eigenvalue weighted by Crippen LogP contribution is -2.36. The predicted molar refractivity (Wildman–Crippen MR) is 338 cm³/mol. The molecule has 0 spiro atoms. The van der Waals surface area contributed by atoms with Gasteiger partial charge in [-0.05, 0) is 126 Å². The van der Waals surface area contributed by atoms with E-state index >= 15 is 0 Å². The summed E-state index contributed by atoms with van der Waals surface area (Å²) < 4.78 is 27.8. The van der Waals surface area contributed by atoms with E-state index in [2.05, 4.69) is 216 Å². The molecule has 4 aromatic rings. The van der Waals surface area contributed by atoms with Crippen LogP contribution in [0.4, 0.5) is 0 Å². The van der Waals surface area contributed by atoms with Crippen LogP contribution in [-0.2, 0) is 0 Å². The molecule has 9 rings (SSSR count). The van der Waals surface area contributed by atoms with Gasteiger partial charge in [0.25, 0.3) is 0 Å². The summed E-state index contributed by atoms with van der Waals surface area (Å²) in [6.45, 7) is 7.97. The molecule has 81 heavy (non-hydrogen) atoms. The van der Waals surface area contributed by atoms with Crippen LogP contribution in [0.5, 0.6) is 23.0 Å². The third-order valence-corrected chi connectivity index (χ3v) is 14.7. The third kappa shape index (κ3) is 16.2. The summed E-state index contributed by atoms with van der Waals surface area (Å²) >= 11 is 0. The topological polar surface area (TPSA) is 86.4 Å². The predicted octanol–water partition coefficient (Wildman–Crippen LogP) is 13.9. The maximum atomic E-state index is 6.30. The van der Waals surface area contributed by atoms with Crippen molar-refractivity contribution in [1.82, 2.24) is 0 Å². The Kier molecular flexibility index (Phi) is 19.0. The summed E-state index contributed by atoms with van der Waals surface area (Å²) in [4.78, 5) is 22.2. The van der Waals surface area contributed by atoms with Gasteiger partial charge in [-0.3, -0.25) is 0 Å². The normalized spacial score (nSPS) is 16.0. The van der Waals surface area contributed by atoms with E-state index in [-0.39, 0.29) is 0 Å². The van der Waals surface area contributed by atoms with Gasteiger partial charge in [-0.15, -0.1) is 0 Å². The van der Waals surface area contributed by atoms with Gasteiger partial charge in [-0.25, -0.2) is 20.0 Å². The van der Waals surface area contributed by atoms with Crippen LogP contribution in [0.1, 0.15) is 87.0 Å². The summed E-state index contributed by atoms with van der Waals surface area (Å²) in [5.74, 6) is 3.34. The van der Waals surface area contributed by atoms with Crippen LogP contribution >= 0.6 is 0 Å². The first kappa shape index (κ1) is 58.2. The highest BCUT2D eigenvalue weighted by Gasteiger charge is 2.28. The molecular weight excluding hydrogens is 1000 g/mol. The van der Waals surface area contributed by atoms with Crippen LogP contribution in [-0.4, -0.2) is 146 Å². The average molecular weight is 1090 g/mol. The fourth-order valence-corrected chi connectivity index (χ4v) is 10.4. The smallest absolute Gasteiger partial charge is 0.119 e. The fourth-order valence-electron chi connectivity index (χ4n) is 10.4. The Hall–Kier alpha value is -7.44. The lowest BCUT2D eigenvalue weighted by Gasteiger charge is -2.23. The molecule has 0 atom stereocenters. The SMILES string of the molecule is CCCCCCCCOc1ccc(C2=C3C=CC(=N3)C(c3ccc(OCCC[N+](C)(C)C)cc3)=C3C=CC(=N3)C(c3ccc(OCCC[N+](C)(C)C)cc3)=C3C=CC(=N3)C(c3ccc(OCCC[N+](C)(C)C)cc3)=C3C=CC2=N3)cc1. The van der Waals surface area contributed by atoms with Crippen molar-refractivity contribution in [1.29, 1.82) is 0 Å². The van der Waals surface area contributed by atoms with Crippen LogP contribution in [0.15, 0.2) is 188 Å². The first-order chi connectivity index (χ1) is 39.0. The van der Waals surface area contributed by atoms with Gasteiger partial charge in [0.05, 0.1) is 155 Å². The molecular formula is C70H86N7O4+3. The molecule has 8 bridgehead atoms. The summed E-state index contributed by atoms with van der Waals surface area (Å²) in [7, 11) is 19.9.